The molecule has 5 rings (SSSR count). The van der Waals surface area contributed by atoms with Crippen molar-refractivity contribution in [1.82, 2.24) is 14.2 Å². The molecular formula is C21H23N3O3S. The summed E-state index contributed by atoms with van der Waals surface area (Å²) in [5.74, 6) is 0.471. The van der Waals surface area contributed by atoms with E-state index >= 15 is 0 Å². The van der Waals surface area contributed by atoms with Crippen molar-refractivity contribution >= 4 is 15.9 Å². The minimum atomic E-state index is -3.52. The Morgan fingerprint density at radius 1 is 1.18 bits per heavy atom. The van der Waals surface area contributed by atoms with Crippen molar-refractivity contribution in [2.75, 3.05) is 19.6 Å². The lowest BCUT2D eigenvalue weighted by atomic mass is 9.88. The zero-order valence-corrected chi connectivity index (χ0v) is 16.4. The third-order valence-corrected chi connectivity index (χ3v) is 8.22. The van der Waals surface area contributed by atoms with E-state index in [0.717, 1.165) is 24.0 Å². The Labute approximate surface area is 165 Å². The Hall–Kier alpha value is -2.25. The first-order chi connectivity index (χ1) is 13.5. The van der Waals surface area contributed by atoms with E-state index in [2.05, 4.69) is 4.98 Å². The van der Waals surface area contributed by atoms with Gasteiger partial charge in [0.15, 0.2) is 0 Å². The van der Waals surface area contributed by atoms with Gasteiger partial charge in [0, 0.05) is 32.0 Å². The summed E-state index contributed by atoms with van der Waals surface area (Å²) in [5, 5.41) is 0. The standard InChI is InChI=1S/C21H23N3O3S/c25-20(12-17-4-3-10-22-13-17)23-11-9-21(15-23)18-5-1-2-6-19(18)28(26,27)24(21)14-16-7-8-16/h1-6,10,13,16H,7-9,11-12,14-15H2/t21-/m1/s1. The number of rotatable bonds is 4. The van der Waals surface area contributed by atoms with Crippen molar-refractivity contribution in [2.24, 2.45) is 5.92 Å². The van der Waals surface area contributed by atoms with Gasteiger partial charge in [-0.3, -0.25) is 9.78 Å². The zero-order chi connectivity index (χ0) is 19.4. The number of hydrogen-bond donors (Lipinski definition) is 0. The van der Waals surface area contributed by atoms with Crippen LogP contribution in [0.25, 0.3) is 0 Å². The van der Waals surface area contributed by atoms with Crippen LogP contribution in [0.4, 0.5) is 0 Å². The van der Waals surface area contributed by atoms with Crippen LogP contribution >= 0.6 is 0 Å². The Bertz CT molecular complexity index is 1020. The second-order valence-electron chi connectivity index (χ2n) is 8.11. The largest absolute Gasteiger partial charge is 0.340 e. The lowest BCUT2D eigenvalue weighted by molar-refractivity contribution is -0.129. The molecule has 3 aliphatic rings. The smallest absolute Gasteiger partial charge is 0.244 e. The van der Waals surface area contributed by atoms with Crippen molar-refractivity contribution in [3.8, 4) is 0 Å². The molecule has 1 aromatic carbocycles. The number of carbonyl (C=O) groups excluding carboxylic acids is 1. The second-order valence-corrected chi connectivity index (χ2v) is 9.94. The lowest BCUT2D eigenvalue weighted by Crippen LogP contribution is -2.47. The summed E-state index contributed by atoms with van der Waals surface area (Å²) in [6.45, 7) is 1.56. The molecule has 1 spiro atoms. The van der Waals surface area contributed by atoms with Gasteiger partial charge in [-0.1, -0.05) is 24.3 Å². The maximum atomic E-state index is 13.3. The highest BCUT2D eigenvalue weighted by Gasteiger charge is 2.58. The summed E-state index contributed by atoms with van der Waals surface area (Å²) in [4.78, 5) is 19.2. The predicted molar refractivity (Wildman–Crippen MR) is 104 cm³/mol. The minimum absolute atomic E-state index is 0.0260. The second kappa shape index (κ2) is 6.39. The molecule has 1 aliphatic carbocycles. The molecule has 6 nitrogen and oxygen atoms in total. The normalized spacial score (nSPS) is 25.9. The Balaban J connectivity index is 1.47. The number of pyridine rings is 1. The molecule has 0 bridgehead atoms. The molecule has 7 heteroatoms. The van der Waals surface area contributed by atoms with Crippen molar-refractivity contribution < 1.29 is 13.2 Å². The molecule has 0 radical (unpaired) electrons. The first kappa shape index (κ1) is 17.8. The van der Waals surface area contributed by atoms with Crippen LogP contribution < -0.4 is 0 Å². The van der Waals surface area contributed by atoms with E-state index in [4.69, 9.17) is 0 Å². The Morgan fingerprint density at radius 3 is 2.75 bits per heavy atom. The van der Waals surface area contributed by atoms with Crippen molar-refractivity contribution in [1.29, 1.82) is 0 Å². The molecule has 28 heavy (non-hydrogen) atoms. The van der Waals surface area contributed by atoms with Gasteiger partial charge in [0.25, 0.3) is 0 Å². The van der Waals surface area contributed by atoms with E-state index in [1.807, 2.05) is 29.2 Å². The van der Waals surface area contributed by atoms with E-state index < -0.39 is 15.6 Å². The van der Waals surface area contributed by atoms with E-state index in [9.17, 15) is 13.2 Å². The van der Waals surface area contributed by atoms with Crippen LogP contribution in [0.5, 0.6) is 0 Å². The highest BCUT2D eigenvalue weighted by molar-refractivity contribution is 7.89. The summed E-state index contributed by atoms with van der Waals surface area (Å²) in [7, 11) is -3.52. The van der Waals surface area contributed by atoms with Crippen LogP contribution in [0.3, 0.4) is 0 Å². The Kier molecular flexibility index (Phi) is 4.07. The van der Waals surface area contributed by atoms with Crippen LogP contribution in [0.1, 0.15) is 30.4 Å². The van der Waals surface area contributed by atoms with Crippen LogP contribution in [-0.4, -0.2) is 48.1 Å². The van der Waals surface area contributed by atoms with Gasteiger partial charge in [0.1, 0.15) is 0 Å². The molecule has 0 unspecified atom stereocenters. The van der Waals surface area contributed by atoms with Crippen molar-refractivity contribution in [2.45, 2.75) is 36.1 Å². The number of sulfonamides is 1. The SMILES string of the molecule is O=C(Cc1cccnc1)N1CC[C@@]2(C1)c1ccccc1S(=O)(=O)N2CC1CC1. The molecule has 2 aliphatic heterocycles. The number of aromatic nitrogens is 1. The molecule has 1 saturated heterocycles. The first-order valence-electron chi connectivity index (χ1n) is 9.80. The van der Waals surface area contributed by atoms with Crippen molar-refractivity contribution in [3.63, 3.8) is 0 Å². The van der Waals surface area contributed by atoms with Gasteiger partial charge in [0.2, 0.25) is 15.9 Å². The van der Waals surface area contributed by atoms with Crippen LogP contribution in [-0.2, 0) is 26.8 Å². The van der Waals surface area contributed by atoms with Gasteiger partial charge in [0.05, 0.1) is 16.9 Å². The molecule has 146 valence electrons. The molecule has 1 amide bonds. The van der Waals surface area contributed by atoms with Gasteiger partial charge in [-0.25, -0.2) is 8.42 Å². The monoisotopic (exact) mass is 397 g/mol. The van der Waals surface area contributed by atoms with Gasteiger partial charge >= 0.3 is 0 Å². The molecule has 1 atom stereocenters. The highest BCUT2D eigenvalue weighted by atomic mass is 32.2. The molecule has 1 aromatic heterocycles. The topological polar surface area (TPSA) is 70.6 Å². The number of carbonyl (C=O) groups is 1. The van der Waals surface area contributed by atoms with E-state index in [0.29, 0.717) is 43.3 Å². The molecular weight excluding hydrogens is 374 g/mol. The zero-order valence-electron chi connectivity index (χ0n) is 15.6. The van der Waals surface area contributed by atoms with Crippen LogP contribution in [0, 0.1) is 5.92 Å². The van der Waals surface area contributed by atoms with Gasteiger partial charge in [-0.2, -0.15) is 4.31 Å². The number of benzene rings is 1. The van der Waals surface area contributed by atoms with Crippen molar-refractivity contribution in [3.05, 3.63) is 59.9 Å². The number of fused-ring (bicyclic) bond motifs is 2. The minimum Gasteiger partial charge on any atom is -0.340 e. The average molecular weight is 398 g/mol. The van der Waals surface area contributed by atoms with E-state index in [-0.39, 0.29) is 5.91 Å². The fourth-order valence-corrected chi connectivity index (χ4v) is 6.72. The Morgan fingerprint density at radius 2 is 2.00 bits per heavy atom. The fourth-order valence-electron chi connectivity index (χ4n) is 4.59. The summed E-state index contributed by atoms with van der Waals surface area (Å²) < 4.78 is 28.3. The number of hydrogen-bond acceptors (Lipinski definition) is 4. The molecule has 1 saturated carbocycles. The van der Waals surface area contributed by atoms with E-state index in [1.54, 1.807) is 28.8 Å². The first-order valence-corrected chi connectivity index (χ1v) is 11.2. The summed E-state index contributed by atoms with van der Waals surface area (Å²) >= 11 is 0. The maximum absolute atomic E-state index is 13.3. The maximum Gasteiger partial charge on any atom is 0.244 e. The van der Waals surface area contributed by atoms with Gasteiger partial charge < -0.3 is 4.90 Å². The summed E-state index contributed by atoms with van der Waals surface area (Å²) in [6, 6.07) is 11.0. The fraction of sp³-hybridized carbons (Fsp3) is 0.429. The van der Waals surface area contributed by atoms with Gasteiger partial charge in [-0.05, 0) is 48.4 Å². The molecule has 2 aromatic rings. The molecule has 2 fully saturated rings. The number of amides is 1. The summed E-state index contributed by atoms with van der Waals surface area (Å²) in [5.41, 5.74) is 1.11. The third-order valence-electron chi connectivity index (χ3n) is 6.23. The van der Waals surface area contributed by atoms with Crippen LogP contribution in [0.2, 0.25) is 0 Å². The predicted octanol–water partition coefficient (Wildman–Crippen LogP) is 2.17. The highest BCUT2D eigenvalue weighted by Crippen LogP contribution is 2.51. The lowest BCUT2D eigenvalue weighted by Gasteiger charge is -2.34. The van der Waals surface area contributed by atoms with Crippen LogP contribution in [0.15, 0.2) is 53.7 Å². The molecule has 3 heterocycles. The summed E-state index contributed by atoms with van der Waals surface area (Å²) in [6.07, 6.45) is 6.51. The quantitative estimate of drug-likeness (QED) is 0.793. The number of nitrogens with zero attached hydrogens (tertiary/aromatic N) is 3. The average Bonchev–Trinajstić information content (AvgIpc) is 3.39. The van der Waals surface area contributed by atoms with E-state index in [1.165, 1.54) is 0 Å². The third kappa shape index (κ3) is 2.76. The number of likely N-dealkylation sites (tertiary alicyclic amines) is 1. The molecule has 0 N–H and O–H groups in total. The van der Waals surface area contributed by atoms with Gasteiger partial charge in [-0.15, -0.1) is 0 Å².